The number of pyridine rings is 1. The number of piperidine rings is 1. The molecular weight excluding hydrogens is 385 g/mol. The van der Waals surface area contributed by atoms with Gasteiger partial charge in [-0.25, -0.2) is 0 Å². The van der Waals surface area contributed by atoms with E-state index in [0.29, 0.717) is 6.61 Å². The number of hydrogen-bond acceptors (Lipinski definition) is 4. The number of H-pyrrole nitrogens is 1. The maximum absolute atomic E-state index is 12.3. The van der Waals surface area contributed by atoms with Crippen LogP contribution in [-0.4, -0.2) is 49.7 Å². The number of aromatic amines is 1. The number of likely N-dealkylation sites (tertiary alicyclic amines) is 1. The van der Waals surface area contributed by atoms with E-state index in [1.165, 1.54) is 32.4 Å². The number of hydrogen-bond donors (Lipinski definition) is 1. The topological polar surface area (TPSA) is 48.6 Å². The molecule has 0 aliphatic carbocycles. The van der Waals surface area contributed by atoms with Gasteiger partial charge in [0.05, 0.1) is 11.2 Å². The number of aromatic nitrogens is 1. The molecule has 0 radical (unpaired) electrons. The average Bonchev–Trinajstić information content (AvgIpc) is 2.63. The first-order chi connectivity index (χ1) is 12.2. The Balaban J connectivity index is 0.00000131. The van der Waals surface area contributed by atoms with E-state index < -0.39 is 0 Å². The number of anilines is 1. The average molecular weight is 414 g/mol. The summed E-state index contributed by atoms with van der Waals surface area (Å²) >= 11 is 0. The fourth-order valence-corrected chi connectivity index (χ4v) is 4.13. The number of nitrogens with zero attached hydrogens (tertiary/aromatic N) is 2. The second-order valence-corrected chi connectivity index (χ2v) is 7.26. The van der Waals surface area contributed by atoms with Gasteiger partial charge >= 0.3 is 0 Å². The van der Waals surface area contributed by atoms with E-state index in [1.807, 2.05) is 12.1 Å². The molecule has 1 saturated heterocycles. The fraction of sp³-hybridized carbons (Fsp3) is 0.550. The minimum Gasteiger partial charge on any atom is -0.492 e. The molecule has 0 bridgehead atoms. The third kappa shape index (κ3) is 4.71. The first kappa shape index (κ1) is 21.9. The fourth-order valence-electron chi connectivity index (χ4n) is 4.13. The molecule has 2 aliphatic rings. The monoisotopic (exact) mass is 413 g/mol. The lowest BCUT2D eigenvalue weighted by Crippen LogP contribution is -2.33. The van der Waals surface area contributed by atoms with Crippen molar-refractivity contribution in [3.63, 3.8) is 0 Å². The van der Waals surface area contributed by atoms with Gasteiger partial charge in [0.15, 0.2) is 0 Å². The van der Waals surface area contributed by atoms with Gasteiger partial charge in [-0.1, -0.05) is 6.42 Å². The standard InChI is InChI=1S/C20H27N3O2.2ClH/c1-22-9-5-6-16-19(22)17-14-15(7-8-18(17)21-20(16)24)25-13-12-23-10-3-2-4-11-23;;/h7-8,14H,2-6,9-13H2,1H3,(H,21,24);2*1H. The van der Waals surface area contributed by atoms with Gasteiger partial charge in [0, 0.05) is 31.1 Å². The molecule has 3 heterocycles. The molecule has 0 unspecified atom stereocenters. The Labute approximate surface area is 172 Å². The van der Waals surface area contributed by atoms with E-state index in [1.54, 1.807) is 0 Å². The van der Waals surface area contributed by atoms with Gasteiger partial charge in [-0.3, -0.25) is 9.69 Å². The molecule has 1 aromatic heterocycles. The van der Waals surface area contributed by atoms with Crippen LogP contribution in [-0.2, 0) is 6.42 Å². The molecule has 1 aromatic carbocycles. The summed E-state index contributed by atoms with van der Waals surface area (Å²) in [5, 5.41) is 1.09. The highest BCUT2D eigenvalue weighted by atomic mass is 35.5. The highest BCUT2D eigenvalue weighted by Gasteiger charge is 2.20. The second-order valence-electron chi connectivity index (χ2n) is 7.26. The molecule has 5 nitrogen and oxygen atoms in total. The summed E-state index contributed by atoms with van der Waals surface area (Å²) in [6.45, 7) is 5.08. The summed E-state index contributed by atoms with van der Waals surface area (Å²) < 4.78 is 6.02. The first-order valence-electron chi connectivity index (χ1n) is 9.47. The van der Waals surface area contributed by atoms with E-state index >= 15 is 0 Å². The van der Waals surface area contributed by atoms with Crippen molar-refractivity contribution in [2.24, 2.45) is 0 Å². The van der Waals surface area contributed by atoms with Gasteiger partial charge in [0.1, 0.15) is 12.4 Å². The molecule has 0 saturated carbocycles. The van der Waals surface area contributed by atoms with Crippen LogP contribution in [0.3, 0.4) is 0 Å². The quantitative estimate of drug-likeness (QED) is 0.831. The first-order valence-corrected chi connectivity index (χ1v) is 9.47. The predicted molar refractivity (Wildman–Crippen MR) is 116 cm³/mol. The molecule has 4 rings (SSSR count). The van der Waals surface area contributed by atoms with Gasteiger partial charge in [-0.15, -0.1) is 24.8 Å². The molecule has 0 spiro atoms. The van der Waals surface area contributed by atoms with Crippen LogP contribution >= 0.6 is 24.8 Å². The Hall–Kier alpha value is -1.43. The number of halogens is 2. The lowest BCUT2D eigenvalue weighted by atomic mass is 10.00. The third-order valence-electron chi connectivity index (χ3n) is 5.48. The highest BCUT2D eigenvalue weighted by Crippen LogP contribution is 2.32. The van der Waals surface area contributed by atoms with Crippen LogP contribution in [0.15, 0.2) is 23.0 Å². The van der Waals surface area contributed by atoms with Crippen LogP contribution in [0.25, 0.3) is 10.9 Å². The van der Waals surface area contributed by atoms with Crippen molar-refractivity contribution in [1.29, 1.82) is 0 Å². The van der Waals surface area contributed by atoms with E-state index in [4.69, 9.17) is 4.74 Å². The van der Waals surface area contributed by atoms with Crippen LogP contribution < -0.4 is 15.2 Å². The lowest BCUT2D eigenvalue weighted by Gasteiger charge is -2.28. The van der Waals surface area contributed by atoms with E-state index in [9.17, 15) is 4.79 Å². The number of benzene rings is 1. The minimum atomic E-state index is 0. The highest BCUT2D eigenvalue weighted by molar-refractivity contribution is 5.94. The molecule has 150 valence electrons. The molecule has 27 heavy (non-hydrogen) atoms. The maximum atomic E-state index is 12.3. The Kier molecular flexibility index (Phi) is 7.83. The molecule has 0 atom stereocenters. The minimum absolute atomic E-state index is 0. The van der Waals surface area contributed by atoms with Crippen LogP contribution in [0.2, 0.25) is 0 Å². The Bertz CT molecular complexity index is 819. The number of rotatable bonds is 4. The number of fused-ring (bicyclic) bond motifs is 3. The SMILES string of the molecule is CN1CCCc2c1c1cc(OCCN3CCCCC3)ccc1[nH]c2=O.Cl.Cl. The van der Waals surface area contributed by atoms with Crippen molar-refractivity contribution < 1.29 is 4.74 Å². The third-order valence-corrected chi connectivity index (χ3v) is 5.48. The van der Waals surface area contributed by atoms with E-state index in [0.717, 1.165) is 53.8 Å². The van der Waals surface area contributed by atoms with Crippen LogP contribution in [0.5, 0.6) is 5.75 Å². The lowest BCUT2D eigenvalue weighted by molar-refractivity contribution is 0.183. The second kappa shape index (κ2) is 9.67. The summed E-state index contributed by atoms with van der Waals surface area (Å²) in [5.41, 5.74) is 2.92. The zero-order chi connectivity index (χ0) is 17.2. The Morgan fingerprint density at radius 2 is 1.85 bits per heavy atom. The smallest absolute Gasteiger partial charge is 0.253 e. The van der Waals surface area contributed by atoms with Gasteiger partial charge in [-0.2, -0.15) is 0 Å². The van der Waals surface area contributed by atoms with E-state index in [-0.39, 0.29) is 30.4 Å². The van der Waals surface area contributed by atoms with Crippen molar-refractivity contribution in [3.8, 4) is 5.75 Å². The Morgan fingerprint density at radius 1 is 1.07 bits per heavy atom. The summed E-state index contributed by atoms with van der Waals surface area (Å²) in [6.07, 6.45) is 5.86. The van der Waals surface area contributed by atoms with Crippen molar-refractivity contribution in [3.05, 3.63) is 34.1 Å². The van der Waals surface area contributed by atoms with Gasteiger partial charge in [0.25, 0.3) is 5.56 Å². The van der Waals surface area contributed by atoms with Crippen molar-refractivity contribution in [1.82, 2.24) is 9.88 Å². The van der Waals surface area contributed by atoms with Crippen LogP contribution in [0.1, 0.15) is 31.2 Å². The van der Waals surface area contributed by atoms with Crippen LogP contribution in [0.4, 0.5) is 5.69 Å². The predicted octanol–water partition coefficient (Wildman–Crippen LogP) is 3.62. The normalized spacial score (nSPS) is 17.0. The van der Waals surface area contributed by atoms with Crippen molar-refractivity contribution >= 4 is 41.4 Å². The van der Waals surface area contributed by atoms with Crippen molar-refractivity contribution in [2.75, 3.05) is 44.7 Å². The zero-order valence-corrected chi connectivity index (χ0v) is 17.5. The molecular formula is C20H29Cl2N3O2. The summed E-state index contributed by atoms with van der Waals surface area (Å²) in [4.78, 5) is 20.0. The van der Waals surface area contributed by atoms with Gasteiger partial charge < -0.3 is 14.6 Å². The Morgan fingerprint density at radius 3 is 2.63 bits per heavy atom. The largest absolute Gasteiger partial charge is 0.492 e. The zero-order valence-electron chi connectivity index (χ0n) is 15.8. The maximum Gasteiger partial charge on any atom is 0.253 e. The molecule has 1 N–H and O–H groups in total. The van der Waals surface area contributed by atoms with Gasteiger partial charge in [-0.05, 0) is 57.0 Å². The summed E-state index contributed by atoms with van der Waals surface area (Å²) in [5.74, 6) is 0.887. The molecule has 2 aliphatic heterocycles. The summed E-state index contributed by atoms with van der Waals surface area (Å²) in [6, 6.07) is 6.02. The van der Waals surface area contributed by atoms with Crippen LogP contribution in [0, 0.1) is 0 Å². The molecule has 7 heteroatoms. The van der Waals surface area contributed by atoms with Crippen molar-refractivity contribution in [2.45, 2.75) is 32.1 Å². The molecule has 0 amide bonds. The number of ether oxygens (including phenoxy) is 1. The number of nitrogens with one attached hydrogen (secondary N) is 1. The van der Waals surface area contributed by atoms with E-state index in [2.05, 4.69) is 27.9 Å². The molecule has 1 fully saturated rings. The molecule has 2 aromatic rings. The van der Waals surface area contributed by atoms with Gasteiger partial charge in [0.2, 0.25) is 0 Å². The summed E-state index contributed by atoms with van der Waals surface area (Å²) in [7, 11) is 2.07.